The Morgan fingerprint density at radius 2 is 1.72 bits per heavy atom. The van der Waals surface area contributed by atoms with Gasteiger partial charge in [0.15, 0.2) is 20.2 Å². The highest BCUT2D eigenvalue weighted by atomic mass is 28.4. The SMILES string of the molecule is C=CC1O[C@@H]2C3=C(C)[C@@H](O)C[C@@](O)([C@@H](OC(=O)c4ccccc4)[C@@H]4[C@]5(OC(=O)CC)CO[C@@H]5C[C@H](O[Si](CC)(CC)CC)[C@@]4(C)[C@@H]2O1)C3(C)C. The molecule has 0 radical (unpaired) electrons. The first-order chi connectivity index (χ1) is 23.6. The van der Waals surface area contributed by atoms with Crippen molar-refractivity contribution in [3.63, 3.8) is 0 Å². The molecular formula is C39H56O10Si. The zero-order chi connectivity index (χ0) is 36.4. The van der Waals surface area contributed by atoms with Gasteiger partial charge in [0.1, 0.15) is 23.9 Å². The first-order valence-electron chi connectivity index (χ1n) is 18.4. The summed E-state index contributed by atoms with van der Waals surface area (Å²) < 4.78 is 40.5. The molecule has 5 aliphatic rings. The van der Waals surface area contributed by atoms with E-state index in [0.29, 0.717) is 23.1 Å². The number of rotatable bonds is 10. The number of aliphatic hydroxyl groups excluding tert-OH is 1. The van der Waals surface area contributed by atoms with E-state index in [1.165, 1.54) is 0 Å². The molecule has 1 aromatic rings. The zero-order valence-corrected chi connectivity index (χ0v) is 31.9. The Bertz CT molecular complexity index is 1500. The molecular weight excluding hydrogens is 657 g/mol. The van der Waals surface area contributed by atoms with Crippen molar-refractivity contribution in [2.45, 2.75) is 147 Å². The minimum absolute atomic E-state index is 0.0393. The molecule has 1 unspecified atom stereocenters. The number of esters is 2. The number of carbonyl (C=O) groups excluding carboxylic acids is 2. The maximum atomic E-state index is 14.3. The second-order valence-corrected chi connectivity index (χ2v) is 20.5. The molecule has 2 bridgehead atoms. The summed E-state index contributed by atoms with van der Waals surface area (Å²) in [5, 5.41) is 25.2. The van der Waals surface area contributed by atoms with Gasteiger partial charge in [0.25, 0.3) is 0 Å². The molecule has 2 saturated heterocycles. The van der Waals surface area contributed by atoms with E-state index in [9.17, 15) is 19.8 Å². The average molecular weight is 713 g/mol. The van der Waals surface area contributed by atoms with Crippen LogP contribution in [0.5, 0.6) is 0 Å². The van der Waals surface area contributed by atoms with Crippen molar-refractivity contribution in [2.75, 3.05) is 6.61 Å². The van der Waals surface area contributed by atoms with Crippen molar-refractivity contribution in [1.29, 1.82) is 0 Å². The normalized spacial score (nSPS) is 40.3. The lowest BCUT2D eigenvalue weighted by Gasteiger charge is -2.69. The maximum absolute atomic E-state index is 14.3. The van der Waals surface area contributed by atoms with Gasteiger partial charge in [-0.1, -0.05) is 73.2 Å². The van der Waals surface area contributed by atoms with Crippen LogP contribution >= 0.6 is 0 Å². The number of aliphatic hydroxyl groups is 2. The molecule has 276 valence electrons. The first-order valence-corrected chi connectivity index (χ1v) is 21.0. The van der Waals surface area contributed by atoms with E-state index in [1.807, 2.05) is 26.8 Å². The van der Waals surface area contributed by atoms with Crippen LogP contribution in [0.25, 0.3) is 0 Å². The van der Waals surface area contributed by atoms with Gasteiger partial charge in [0.2, 0.25) is 0 Å². The van der Waals surface area contributed by atoms with Gasteiger partial charge in [-0.25, -0.2) is 4.79 Å². The third-order valence-corrected chi connectivity index (χ3v) is 18.1. The molecule has 2 saturated carbocycles. The lowest BCUT2D eigenvalue weighted by atomic mass is 9.44. The largest absolute Gasteiger partial charge is 0.455 e. The van der Waals surface area contributed by atoms with E-state index in [0.717, 1.165) is 18.1 Å². The van der Waals surface area contributed by atoms with Crippen LogP contribution in [0.2, 0.25) is 18.1 Å². The lowest BCUT2D eigenvalue weighted by molar-refractivity contribution is -0.360. The minimum atomic E-state index is -2.33. The highest BCUT2D eigenvalue weighted by Gasteiger charge is 2.79. The number of carbonyl (C=O) groups is 2. The third-order valence-electron chi connectivity index (χ3n) is 13.4. The van der Waals surface area contributed by atoms with Crippen LogP contribution in [0.15, 0.2) is 54.1 Å². The molecule has 2 N–H and O–H groups in total. The maximum Gasteiger partial charge on any atom is 0.338 e. The highest BCUT2D eigenvalue weighted by Crippen LogP contribution is 2.67. The average Bonchev–Trinajstić information content (AvgIpc) is 3.53. The summed E-state index contributed by atoms with van der Waals surface area (Å²) in [4.78, 5) is 27.7. The summed E-state index contributed by atoms with van der Waals surface area (Å²) in [7, 11) is -2.33. The van der Waals surface area contributed by atoms with Crippen molar-refractivity contribution in [1.82, 2.24) is 0 Å². The van der Waals surface area contributed by atoms with Crippen molar-refractivity contribution < 1.29 is 47.9 Å². The van der Waals surface area contributed by atoms with Gasteiger partial charge in [0.05, 0.1) is 36.4 Å². The van der Waals surface area contributed by atoms with E-state index in [-0.39, 0.29) is 19.4 Å². The highest BCUT2D eigenvalue weighted by molar-refractivity contribution is 6.73. The molecule has 50 heavy (non-hydrogen) atoms. The molecule has 0 aromatic heterocycles. The van der Waals surface area contributed by atoms with Gasteiger partial charge in [-0.15, -0.1) is 0 Å². The van der Waals surface area contributed by atoms with Crippen LogP contribution in [0, 0.1) is 16.7 Å². The van der Waals surface area contributed by atoms with Gasteiger partial charge in [0, 0.05) is 30.1 Å². The van der Waals surface area contributed by atoms with Gasteiger partial charge in [-0.3, -0.25) is 4.79 Å². The molecule has 2 heterocycles. The van der Waals surface area contributed by atoms with Crippen LogP contribution in [-0.4, -0.2) is 91.2 Å². The molecule has 0 spiro atoms. The molecule has 11 atom stereocenters. The van der Waals surface area contributed by atoms with Crippen LogP contribution in [0.1, 0.15) is 85.0 Å². The number of hydrogen-bond acceptors (Lipinski definition) is 10. The fourth-order valence-electron chi connectivity index (χ4n) is 10.1. The number of fused-ring (bicyclic) bond motifs is 8. The Hall–Kier alpha value is -2.38. The monoisotopic (exact) mass is 712 g/mol. The van der Waals surface area contributed by atoms with Crippen molar-refractivity contribution in [3.8, 4) is 0 Å². The van der Waals surface area contributed by atoms with Crippen molar-refractivity contribution in [3.05, 3.63) is 59.7 Å². The van der Waals surface area contributed by atoms with Gasteiger partial charge in [-0.2, -0.15) is 0 Å². The second-order valence-electron chi connectivity index (χ2n) is 15.8. The summed E-state index contributed by atoms with van der Waals surface area (Å²) in [6.07, 6.45) is -3.72. The summed E-state index contributed by atoms with van der Waals surface area (Å²) in [5.74, 6) is -1.96. The van der Waals surface area contributed by atoms with E-state index in [2.05, 4.69) is 34.3 Å². The first kappa shape index (κ1) is 37.4. The molecule has 6 rings (SSSR count). The Morgan fingerprint density at radius 3 is 2.28 bits per heavy atom. The van der Waals surface area contributed by atoms with Crippen LogP contribution < -0.4 is 0 Å². The van der Waals surface area contributed by atoms with E-state index in [4.69, 9.17) is 28.1 Å². The predicted molar refractivity (Wildman–Crippen MR) is 189 cm³/mol. The minimum Gasteiger partial charge on any atom is -0.455 e. The van der Waals surface area contributed by atoms with Crippen LogP contribution in [0.3, 0.4) is 0 Å². The Labute approximate surface area is 297 Å². The summed E-state index contributed by atoms with van der Waals surface area (Å²) in [5.41, 5.74) is -3.66. The Balaban J connectivity index is 1.68. The Morgan fingerprint density at radius 1 is 1.06 bits per heavy atom. The standard InChI is InChI=1S/C39H56O10Si/c1-10-28(41)48-38-22-44-27(38)20-26(49-50(12-3,13-4)14-5)37(9)32(38)34(47-35(42)24-18-16-15-17-19-24)39(43)21-25(40)23(6)30(36(39,7)8)31-33(37)46-29(11-2)45-31/h11,15-19,25-27,29,31-34,40,43H,2,10,12-14,20-22H2,1,3-9H3/t25-,26-,27+,29?,31+,32-,33+,34-,37+,38-,39+/m0/s1. The van der Waals surface area contributed by atoms with E-state index in [1.54, 1.807) is 37.3 Å². The molecule has 4 fully saturated rings. The molecule has 2 aliphatic heterocycles. The van der Waals surface area contributed by atoms with E-state index >= 15 is 0 Å². The van der Waals surface area contributed by atoms with E-state index < -0.39 is 91.1 Å². The second kappa shape index (κ2) is 13.2. The Kier molecular flexibility index (Phi) is 9.89. The molecule has 10 nitrogen and oxygen atoms in total. The lowest BCUT2D eigenvalue weighted by Crippen LogP contribution is -2.82. The van der Waals surface area contributed by atoms with Crippen molar-refractivity contribution >= 4 is 20.3 Å². The smallest absolute Gasteiger partial charge is 0.338 e. The zero-order valence-electron chi connectivity index (χ0n) is 30.9. The number of benzene rings is 1. The van der Waals surface area contributed by atoms with Gasteiger partial charge >= 0.3 is 11.9 Å². The molecule has 3 aliphatic carbocycles. The van der Waals surface area contributed by atoms with Gasteiger partial charge < -0.3 is 38.3 Å². The summed E-state index contributed by atoms with van der Waals surface area (Å²) in [6.45, 7) is 20.1. The van der Waals surface area contributed by atoms with Gasteiger partial charge in [-0.05, 0) is 54.4 Å². The molecule has 11 heteroatoms. The van der Waals surface area contributed by atoms with Crippen LogP contribution in [0.4, 0.5) is 0 Å². The fourth-order valence-corrected chi connectivity index (χ4v) is 13.0. The third kappa shape index (κ3) is 5.32. The topological polar surface area (TPSA) is 130 Å². The quantitative estimate of drug-likeness (QED) is 0.173. The van der Waals surface area contributed by atoms with Crippen molar-refractivity contribution in [2.24, 2.45) is 16.7 Å². The molecule has 1 aromatic carbocycles. The number of hydrogen-bond donors (Lipinski definition) is 2. The predicted octanol–water partition coefficient (Wildman–Crippen LogP) is 5.87. The number of ether oxygens (including phenoxy) is 5. The fraction of sp³-hybridized carbons (Fsp3) is 0.692. The summed E-state index contributed by atoms with van der Waals surface area (Å²) >= 11 is 0. The molecule has 0 amide bonds. The van der Waals surface area contributed by atoms with Crippen LogP contribution in [-0.2, 0) is 32.9 Å². The summed E-state index contributed by atoms with van der Waals surface area (Å²) in [6, 6.07) is 11.3.